The molecule has 1 fully saturated rings. The van der Waals surface area contributed by atoms with Gasteiger partial charge in [0.1, 0.15) is 0 Å². The van der Waals surface area contributed by atoms with E-state index in [0.29, 0.717) is 0 Å². The molecular weight excluding hydrogens is 162 g/mol. The maximum atomic E-state index is 11.5. The number of rotatable bonds is 1. The predicted octanol–water partition coefficient (Wildman–Crippen LogP) is 2.47. The van der Waals surface area contributed by atoms with Gasteiger partial charge in [-0.15, -0.1) is 0 Å². The zero-order valence-electron chi connectivity index (χ0n) is 9.02. The highest BCUT2D eigenvalue weighted by Gasteiger charge is 2.47. The number of amides is 1. The Hall–Kier alpha value is -0.530. The van der Waals surface area contributed by atoms with Crippen molar-refractivity contribution in [3.05, 3.63) is 0 Å². The monoisotopic (exact) mass is 183 g/mol. The molecule has 13 heavy (non-hydrogen) atoms. The number of hydrogen-bond acceptors (Lipinski definition) is 1. The van der Waals surface area contributed by atoms with Gasteiger partial charge in [-0.1, -0.05) is 40.0 Å². The molecule has 0 bridgehead atoms. The maximum Gasteiger partial charge on any atom is 0.224 e. The summed E-state index contributed by atoms with van der Waals surface area (Å²) < 4.78 is 0. The third kappa shape index (κ3) is 1.72. The lowest BCUT2D eigenvalue weighted by molar-refractivity contribution is -0.137. The van der Waals surface area contributed by atoms with Crippen LogP contribution in [0.5, 0.6) is 0 Å². The van der Waals surface area contributed by atoms with Crippen molar-refractivity contribution in [3.63, 3.8) is 0 Å². The second-order valence-electron chi connectivity index (χ2n) is 5.26. The first-order valence-electron chi connectivity index (χ1n) is 5.20. The maximum absolute atomic E-state index is 11.5. The van der Waals surface area contributed by atoms with Crippen molar-refractivity contribution in [1.82, 2.24) is 0 Å². The van der Waals surface area contributed by atoms with E-state index in [4.69, 9.17) is 5.73 Å². The standard InChI is InChI=1S/C11H21NO/c1-10(2,3)11(9(12)13)7-5-4-6-8-11/h4-8H2,1-3H3,(H2,12,13). The second-order valence-corrected chi connectivity index (χ2v) is 5.26. The van der Waals surface area contributed by atoms with Crippen LogP contribution in [0.1, 0.15) is 52.9 Å². The quantitative estimate of drug-likeness (QED) is 0.666. The van der Waals surface area contributed by atoms with Crippen molar-refractivity contribution in [1.29, 1.82) is 0 Å². The SMILES string of the molecule is CC(C)(C)C1(C(N)=O)CCCCC1. The van der Waals surface area contributed by atoms with Gasteiger partial charge in [0.2, 0.25) is 5.91 Å². The summed E-state index contributed by atoms with van der Waals surface area (Å²) in [5.74, 6) is -0.0975. The van der Waals surface area contributed by atoms with Gasteiger partial charge >= 0.3 is 0 Å². The summed E-state index contributed by atoms with van der Waals surface area (Å²) in [5.41, 5.74) is 5.32. The van der Waals surface area contributed by atoms with E-state index in [1.165, 1.54) is 6.42 Å². The molecule has 2 nitrogen and oxygen atoms in total. The molecule has 1 saturated carbocycles. The molecular formula is C11H21NO. The Balaban J connectivity index is 2.93. The lowest BCUT2D eigenvalue weighted by atomic mass is 9.59. The van der Waals surface area contributed by atoms with Gasteiger partial charge in [-0.05, 0) is 18.3 Å². The molecule has 2 heteroatoms. The Labute approximate surface area is 80.9 Å². The van der Waals surface area contributed by atoms with Gasteiger partial charge in [-0.3, -0.25) is 4.79 Å². The van der Waals surface area contributed by atoms with Crippen molar-refractivity contribution in [3.8, 4) is 0 Å². The molecule has 2 N–H and O–H groups in total. The highest BCUT2D eigenvalue weighted by Crippen LogP contribution is 2.49. The lowest BCUT2D eigenvalue weighted by Gasteiger charge is -2.44. The van der Waals surface area contributed by atoms with Crippen molar-refractivity contribution in [2.75, 3.05) is 0 Å². The van der Waals surface area contributed by atoms with Gasteiger partial charge in [-0.2, -0.15) is 0 Å². The van der Waals surface area contributed by atoms with Gasteiger partial charge in [0.05, 0.1) is 5.41 Å². The Morgan fingerprint density at radius 3 is 1.85 bits per heavy atom. The van der Waals surface area contributed by atoms with E-state index in [1.54, 1.807) is 0 Å². The molecule has 0 aromatic carbocycles. The van der Waals surface area contributed by atoms with Crippen LogP contribution in [0.25, 0.3) is 0 Å². The molecule has 0 atom stereocenters. The molecule has 1 aliphatic rings. The average Bonchev–Trinajstić information content (AvgIpc) is 2.03. The topological polar surface area (TPSA) is 43.1 Å². The summed E-state index contributed by atoms with van der Waals surface area (Å²) in [6.45, 7) is 6.38. The smallest absolute Gasteiger partial charge is 0.224 e. The fraction of sp³-hybridized carbons (Fsp3) is 0.909. The molecule has 0 aliphatic heterocycles. The number of carbonyl (C=O) groups is 1. The molecule has 0 radical (unpaired) electrons. The number of primary amides is 1. The zero-order chi connectivity index (χ0) is 10.1. The first-order valence-corrected chi connectivity index (χ1v) is 5.20. The van der Waals surface area contributed by atoms with Gasteiger partial charge in [0, 0.05) is 0 Å². The molecule has 0 unspecified atom stereocenters. The van der Waals surface area contributed by atoms with Gasteiger partial charge in [0.25, 0.3) is 0 Å². The third-order valence-corrected chi connectivity index (χ3v) is 3.61. The van der Waals surface area contributed by atoms with E-state index in [1.807, 2.05) is 0 Å². The Kier molecular flexibility index (Phi) is 2.69. The molecule has 0 aromatic rings. The summed E-state index contributed by atoms with van der Waals surface area (Å²) in [5, 5.41) is 0. The molecule has 1 amide bonds. The van der Waals surface area contributed by atoms with Gasteiger partial charge < -0.3 is 5.73 Å². The fourth-order valence-electron chi connectivity index (χ4n) is 2.52. The number of carbonyl (C=O) groups excluding carboxylic acids is 1. The van der Waals surface area contributed by atoms with Gasteiger partial charge in [0.15, 0.2) is 0 Å². The van der Waals surface area contributed by atoms with Crippen LogP contribution in [0.4, 0.5) is 0 Å². The Morgan fingerprint density at radius 1 is 1.15 bits per heavy atom. The Bertz CT molecular complexity index is 197. The van der Waals surface area contributed by atoms with Crippen molar-refractivity contribution < 1.29 is 4.79 Å². The minimum Gasteiger partial charge on any atom is -0.369 e. The minimum absolute atomic E-state index is 0.0131. The van der Waals surface area contributed by atoms with Crippen LogP contribution < -0.4 is 5.73 Å². The summed E-state index contributed by atoms with van der Waals surface area (Å²) >= 11 is 0. The fourth-order valence-corrected chi connectivity index (χ4v) is 2.52. The van der Waals surface area contributed by atoms with Crippen molar-refractivity contribution in [2.24, 2.45) is 16.6 Å². The predicted molar refractivity (Wildman–Crippen MR) is 54.2 cm³/mol. The molecule has 0 heterocycles. The molecule has 76 valence electrons. The van der Waals surface area contributed by atoms with E-state index in [-0.39, 0.29) is 16.7 Å². The van der Waals surface area contributed by atoms with Crippen LogP contribution in [0.15, 0.2) is 0 Å². The van der Waals surface area contributed by atoms with Crippen molar-refractivity contribution in [2.45, 2.75) is 52.9 Å². The second kappa shape index (κ2) is 3.32. The molecule has 0 saturated heterocycles. The molecule has 0 spiro atoms. The first kappa shape index (κ1) is 10.6. The highest BCUT2D eigenvalue weighted by molar-refractivity contribution is 5.81. The van der Waals surface area contributed by atoms with E-state index in [2.05, 4.69) is 20.8 Å². The lowest BCUT2D eigenvalue weighted by Crippen LogP contribution is -2.48. The van der Waals surface area contributed by atoms with E-state index in [9.17, 15) is 4.79 Å². The summed E-state index contributed by atoms with van der Waals surface area (Å²) in [4.78, 5) is 11.5. The minimum atomic E-state index is -0.245. The summed E-state index contributed by atoms with van der Waals surface area (Å²) in [6.07, 6.45) is 5.52. The normalized spacial score (nSPS) is 22.7. The van der Waals surface area contributed by atoms with Gasteiger partial charge in [-0.25, -0.2) is 0 Å². The van der Waals surface area contributed by atoms with Crippen LogP contribution in [-0.4, -0.2) is 5.91 Å². The molecule has 1 aliphatic carbocycles. The van der Waals surface area contributed by atoms with E-state index in [0.717, 1.165) is 25.7 Å². The van der Waals surface area contributed by atoms with Crippen LogP contribution in [0.3, 0.4) is 0 Å². The van der Waals surface area contributed by atoms with Crippen molar-refractivity contribution >= 4 is 5.91 Å². The molecule has 0 aromatic heterocycles. The number of nitrogens with two attached hydrogens (primary N) is 1. The summed E-state index contributed by atoms with van der Waals surface area (Å²) in [6, 6.07) is 0. The first-order chi connectivity index (χ1) is 5.90. The average molecular weight is 183 g/mol. The molecule has 1 rings (SSSR count). The van der Waals surface area contributed by atoms with E-state index < -0.39 is 0 Å². The zero-order valence-corrected chi connectivity index (χ0v) is 9.02. The largest absolute Gasteiger partial charge is 0.369 e. The highest BCUT2D eigenvalue weighted by atomic mass is 16.1. The Morgan fingerprint density at radius 2 is 1.62 bits per heavy atom. The van der Waals surface area contributed by atoms with Crippen LogP contribution in [0, 0.1) is 10.8 Å². The third-order valence-electron chi connectivity index (χ3n) is 3.61. The van der Waals surface area contributed by atoms with Crippen LogP contribution in [-0.2, 0) is 4.79 Å². The number of hydrogen-bond donors (Lipinski definition) is 1. The van der Waals surface area contributed by atoms with Crippen LogP contribution >= 0.6 is 0 Å². The van der Waals surface area contributed by atoms with E-state index >= 15 is 0 Å². The summed E-state index contributed by atoms with van der Waals surface area (Å²) in [7, 11) is 0. The van der Waals surface area contributed by atoms with Crippen LogP contribution in [0.2, 0.25) is 0 Å².